The number of thiophene rings is 1. The van der Waals surface area contributed by atoms with Crippen LogP contribution in [0.25, 0.3) is 0 Å². The van der Waals surface area contributed by atoms with Gasteiger partial charge in [-0.05, 0) is 6.42 Å². The highest BCUT2D eigenvalue weighted by molar-refractivity contribution is 7.17. The van der Waals surface area contributed by atoms with Crippen molar-refractivity contribution in [2.45, 2.75) is 19.4 Å². The second-order valence-electron chi connectivity index (χ2n) is 4.63. The van der Waals surface area contributed by atoms with Gasteiger partial charge in [-0.1, -0.05) is 0 Å². The van der Waals surface area contributed by atoms with E-state index in [1.54, 1.807) is 0 Å². The second kappa shape index (κ2) is 5.38. The Kier molecular flexibility index (Phi) is 3.81. The van der Waals surface area contributed by atoms with Crippen LogP contribution in [0.1, 0.15) is 28.6 Å². The first-order chi connectivity index (χ1) is 9.43. The van der Waals surface area contributed by atoms with E-state index in [4.69, 9.17) is 16.7 Å². The van der Waals surface area contributed by atoms with Gasteiger partial charge in [0, 0.05) is 26.1 Å². The zero-order valence-electron chi connectivity index (χ0n) is 11.0. The molecular weight excluding hydrogens is 278 g/mol. The van der Waals surface area contributed by atoms with Gasteiger partial charge in [-0.2, -0.15) is 5.26 Å². The molecule has 0 bridgehead atoms. The molecule has 1 saturated heterocycles. The first-order valence-corrected chi connectivity index (χ1v) is 6.90. The maximum Gasteiger partial charge on any atom is 0.253 e. The summed E-state index contributed by atoms with van der Waals surface area (Å²) in [4.78, 5) is 24.8. The minimum atomic E-state index is -0.641. The summed E-state index contributed by atoms with van der Waals surface area (Å²) < 4.78 is 0. The Balaban J connectivity index is 2.28. The van der Waals surface area contributed by atoms with Crippen molar-refractivity contribution in [1.82, 2.24) is 5.32 Å². The molecular formula is C12H15N5O2S. The number of nitriles is 1. The lowest BCUT2D eigenvalue weighted by atomic mass is 10.2. The molecule has 1 unspecified atom stereocenters. The molecule has 2 heterocycles. The lowest BCUT2D eigenvalue weighted by Gasteiger charge is -2.18. The van der Waals surface area contributed by atoms with Crippen LogP contribution in [0.2, 0.25) is 0 Å². The Morgan fingerprint density at radius 2 is 2.25 bits per heavy atom. The quantitative estimate of drug-likeness (QED) is 0.724. The van der Waals surface area contributed by atoms with Gasteiger partial charge in [0.1, 0.15) is 15.9 Å². The van der Waals surface area contributed by atoms with Gasteiger partial charge >= 0.3 is 0 Å². The number of nitrogens with two attached hydrogens (primary N) is 2. The van der Waals surface area contributed by atoms with Gasteiger partial charge in [0.25, 0.3) is 5.91 Å². The topological polar surface area (TPSA) is 125 Å². The predicted molar refractivity (Wildman–Crippen MR) is 76.4 cm³/mol. The Hall–Kier alpha value is -2.27. The lowest BCUT2D eigenvalue weighted by Crippen LogP contribution is -2.35. The Labute approximate surface area is 120 Å². The van der Waals surface area contributed by atoms with E-state index in [1.807, 2.05) is 11.0 Å². The van der Waals surface area contributed by atoms with Crippen molar-refractivity contribution in [2.24, 2.45) is 5.73 Å². The number of anilines is 2. The normalized spacial score (nSPS) is 17.8. The van der Waals surface area contributed by atoms with Gasteiger partial charge in [0.05, 0.1) is 11.3 Å². The monoisotopic (exact) mass is 293 g/mol. The van der Waals surface area contributed by atoms with Crippen LogP contribution in [-0.4, -0.2) is 30.9 Å². The predicted octanol–water partition coefficient (Wildman–Crippen LogP) is 0.0157. The highest BCUT2D eigenvalue weighted by atomic mass is 32.1. The number of nitrogens with zero attached hydrogens (tertiary/aromatic N) is 2. The van der Waals surface area contributed by atoms with Crippen LogP contribution in [0.3, 0.4) is 0 Å². The molecule has 0 saturated carbocycles. The molecule has 106 valence electrons. The molecule has 2 amide bonds. The molecule has 1 aromatic rings. The van der Waals surface area contributed by atoms with Crippen molar-refractivity contribution >= 4 is 33.8 Å². The standard InChI is InChI=1S/C12H15N5O2S/c1-6(18)16-7-2-3-17(5-7)12-9(11(15)19)10(14)8(4-13)20-12/h7H,2-3,5,14H2,1H3,(H2,15,19)(H,16,18). The largest absolute Gasteiger partial charge is 0.396 e. The number of hydrogen-bond acceptors (Lipinski definition) is 6. The summed E-state index contributed by atoms with van der Waals surface area (Å²) in [5.41, 5.74) is 11.5. The maximum absolute atomic E-state index is 11.5. The fraction of sp³-hybridized carbons (Fsp3) is 0.417. The lowest BCUT2D eigenvalue weighted by molar-refractivity contribution is -0.119. The molecule has 2 rings (SSSR count). The van der Waals surface area contributed by atoms with Crippen LogP contribution in [0.5, 0.6) is 0 Å². The number of rotatable bonds is 3. The zero-order chi connectivity index (χ0) is 14.9. The summed E-state index contributed by atoms with van der Waals surface area (Å²) in [5, 5.41) is 12.5. The van der Waals surface area contributed by atoms with Gasteiger partial charge < -0.3 is 21.7 Å². The molecule has 8 heteroatoms. The number of nitrogens with one attached hydrogen (secondary N) is 1. The molecule has 1 aliphatic rings. The fourth-order valence-corrected chi connectivity index (χ4v) is 3.38. The van der Waals surface area contributed by atoms with E-state index in [2.05, 4.69) is 5.32 Å². The van der Waals surface area contributed by atoms with Gasteiger partial charge in [-0.25, -0.2) is 0 Å². The summed E-state index contributed by atoms with van der Waals surface area (Å²) in [6.07, 6.45) is 0.775. The fourth-order valence-electron chi connectivity index (χ4n) is 2.33. The van der Waals surface area contributed by atoms with Crippen LogP contribution in [0, 0.1) is 11.3 Å². The van der Waals surface area contributed by atoms with Gasteiger partial charge in [-0.3, -0.25) is 9.59 Å². The summed E-state index contributed by atoms with van der Waals surface area (Å²) in [5.74, 6) is -0.728. The highest BCUT2D eigenvalue weighted by Gasteiger charge is 2.29. The second-order valence-corrected chi connectivity index (χ2v) is 5.63. The van der Waals surface area contributed by atoms with E-state index in [9.17, 15) is 9.59 Å². The number of hydrogen-bond donors (Lipinski definition) is 3. The molecule has 0 aromatic carbocycles. The zero-order valence-corrected chi connectivity index (χ0v) is 11.8. The molecule has 0 radical (unpaired) electrons. The molecule has 0 aliphatic carbocycles. The van der Waals surface area contributed by atoms with Gasteiger partial charge in [0.2, 0.25) is 5.91 Å². The average molecular weight is 293 g/mol. The molecule has 0 spiro atoms. The number of carbonyl (C=O) groups is 2. The van der Waals surface area contributed by atoms with Crippen molar-refractivity contribution in [3.8, 4) is 6.07 Å². The third-order valence-electron chi connectivity index (χ3n) is 3.16. The van der Waals surface area contributed by atoms with Crippen LogP contribution in [0.4, 0.5) is 10.7 Å². The number of carbonyl (C=O) groups excluding carboxylic acids is 2. The Morgan fingerprint density at radius 3 is 2.80 bits per heavy atom. The van der Waals surface area contributed by atoms with E-state index in [0.29, 0.717) is 18.1 Å². The molecule has 1 fully saturated rings. The number of nitrogen functional groups attached to an aromatic ring is 1. The van der Waals surface area contributed by atoms with Crippen LogP contribution in [-0.2, 0) is 4.79 Å². The summed E-state index contributed by atoms with van der Waals surface area (Å²) >= 11 is 1.16. The molecule has 5 N–H and O–H groups in total. The maximum atomic E-state index is 11.5. The van der Waals surface area contributed by atoms with Gasteiger partial charge in [-0.15, -0.1) is 11.3 Å². The molecule has 20 heavy (non-hydrogen) atoms. The van der Waals surface area contributed by atoms with E-state index < -0.39 is 5.91 Å². The van der Waals surface area contributed by atoms with Gasteiger partial charge in [0.15, 0.2) is 0 Å². The minimum Gasteiger partial charge on any atom is -0.396 e. The smallest absolute Gasteiger partial charge is 0.253 e. The third kappa shape index (κ3) is 2.53. The molecule has 1 atom stereocenters. The van der Waals surface area contributed by atoms with Crippen LogP contribution < -0.4 is 21.7 Å². The van der Waals surface area contributed by atoms with Crippen LogP contribution in [0.15, 0.2) is 0 Å². The third-order valence-corrected chi connectivity index (χ3v) is 4.33. The first-order valence-electron chi connectivity index (χ1n) is 6.08. The molecule has 1 aromatic heterocycles. The van der Waals surface area contributed by atoms with Crippen molar-refractivity contribution in [1.29, 1.82) is 5.26 Å². The highest BCUT2D eigenvalue weighted by Crippen LogP contribution is 2.38. The molecule has 7 nitrogen and oxygen atoms in total. The van der Waals surface area contributed by atoms with Crippen molar-refractivity contribution in [2.75, 3.05) is 23.7 Å². The van der Waals surface area contributed by atoms with Crippen LogP contribution >= 0.6 is 11.3 Å². The van der Waals surface area contributed by atoms with Crippen molar-refractivity contribution < 1.29 is 9.59 Å². The van der Waals surface area contributed by atoms with E-state index in [1.165, 1.54) is 6.92 Å². The number of amides is 2. The van der Waals surface area contributed by atoms with E-state index in [0.717, 1.165) is 17.8 Å². The Morgan fingerprint density at radius 1 is 1.55 bits per heavy atom. The summed E-state index contributed by atoms with van der Waals surface area (Å²) in [6, 6.07) is 2.00. The van der Waals surface area contributed by atoms with E-state index >= 15 is 0 Å². The minimum absolute atomic E-state index is 0.0297. The first kappa shape index (κ1) is 14.1. The summed E-state index contributed by atoms with van der Waals surface area (Å²) in [7, 11) is 0. The molecule has 1 aliphatic heterocycles. The number of primary amides is 1. The van der Waals surface area contributed by atoms with Crippen molar-refractivity contribution in [3.63, 3.8) is 0 Å². The average Bonchev–Trinajstić information content (AvgIpc) is 2.92. The van der Waals surface area contributed by atoms with E-state index in [-0.39, 0.29) is 28.1 Å². The SMILES string of the molecule is CC(=O)NC1CCN(c2sc(C#N)c(N)c2C(N)=O)C1. The van der Waals surface area contributed by atoms with Crippen molar-refractivity contribution in [3.05, 3.63) is 10.4 Å². The summed E-state index contributed by atoms with van der Waals surface area (Å²) in [6.45, 7) is 2.72. The Bertz CT molecular complexity index is 604.